The maximum atomic E-state index is 12.4. The van der Waals surface area contributed by atoms with Crippen molar-refractivity contribution in [2.45, 2.75) is 19.8 Å². The molecule has 0 aliphatic carbocycles. The van der Waals surface area contributed by atoms with E-state index < -0.39 is 0 Å². The lowest BCUT2D eigenvalue weighted by Gasteiger charge is -2.21. The van der Waals surface area contributed by atoms with Gasteiger partial charge in [0.05, 0.1) is 6.54 Å². The molecule has 0 saturated carbocycles. The smallest absolute Gasteiger partial charge is 0.243 e. The van der Waals surface area contributed by atoms with Crippen LogP contribution in [0.3, 0.4) is 0 Å². The van der Waals surface area contributed by atoms with Gasteiger partial charge in [-0.3, -0.25) is 9.59 Å². The molecule has 26 heavy (non-hydrogen) atoms. The maximum absolute atomic E-state index is 12.4. The van der Waals surface area contributed by atoms with E-state index in [2.05, 4.69) is 5.32 Å². The first kappa shape index (κ1) is 18.3. The molecule has 2 amide bonds. The Morgan fingerprint density at radius 2 is 2.00 bits per heavy atom. The van der Waals surface area contributed by atoms with Crippen LogP contribution in [0.5, 0.6) is 11.5 Å². The highest BCUT2D eigenvalue weighted by molar-refractivity contribution is 7.09. The molecule has 6 nitrogen and oxygen atoms in total. The molecule has 2 heterocycles. The second kappa shape index (κ2) is 8.71. The Bertz CT molecular complexity index is 761. The molecule has 0 spiro atoms. The van der Waals surface area contributed by atoms with Crippen LogP contribution in [-0.2, 0) is 16.0 Å². The van der Waals surface area contributed by atoms with Crippen molar-refractivity contribution in [3.63, 3.8) is 0 Å². The molecule has 1 N–H and O–H groups in total. The van der Waals surface area contributed by atoms with Crippen molar-refractivity contribution in [2.24, 2.45) is 0 Å². The molecule has 0 radical (unpaired) electrons. The zero-order valence-corrected chi connectivity index (χ0v) is 15.5. The summed E-state index contributed by atoms with van der Waals surface area (Å²) in [5, 5.41) is 4.81. The highest BCUT2D eigenvalue weighted by Gasteiger charge is 2.17. The molecule has 7 heteroatoms. The highest BCUT2D eigenvalue weighted by Crippen LogP contribution is 2.32. The molecule has 0 bridgehead atoms. The van der Waals surface area contributed by atoms with Crippen LogP contribution in [0.15, 0.2) is 35.7 Å². The SMILES string of the molecule is CCN(CC(=O)Nc1ccc2c(c1)OCCO2)C(=O)CCc1cccs1. The summed E-state index contributed by atoms with van der Waals surface area (Å²) in [5.41, 5.74) is 0.626. The first-order valence-electron chi connectivity index (χ1n) is 8.65. The molecule has 1 aliphatic heterocycles. The molecule has 3 rings (SSSR count). The third kappa shape index (κ3) is 4.76. The van der Waals surface area contributed by atoms with Gasteiger partial charge in [-0.05, 0) is 36.9 Å². The van der Waals surface area contributed by atoms with Crippen molar-refractivity contribution in [3.05, 3.63) is 40.6 Å². The number of carbonyl (C=O) groups excluding carboxylic acids is 2. The predicted molar refractivity (Wildman–Crippen MR) is 101 cm³/mol. The van der Waals surface area contributed by atoms with Crippen molar-refractivity contribution in [3.8, 4) is 11.5 Å². The summed E-state index contributed by atoms with van der Waals surface area (Å²) < 4.78 is 11.0. The summed E-state index contributed by atoms with van der Waals surface area (Å²) in [7, 11) is 0. The first-order chi connectivity index (χ1) is 12.7. The van der Waals surface area contributed by atoms with E-state index in [0.29, 0.717) is 49.8 Å². The number of anilines is 1. The van der Waals surface area contributed by atoms with E-state index in [1.54, 1.807) is 34.4 Å². The Balaban J connectivity index is 1.52. The molecular weight excluding hydrogens is 352 g/mol. The summed E-state index contributed by atoms with van der Waals surface area (Å²) in [6.07, 6.45) is 1.11. The Hall–Kier alpha value is -2.54. The molecule has 0 unspecified atom stereocenters. The standard InChI is InChI=1S/C19H22N2O4S/c1-2-21(19(23)8-6-15-4-3-11-26-15)13-18(22)20-14-5-7-16-17(12-14)25-10-9-24-16/h3-5,7,11-12H,2,6,8-10,13H2,1H3,(H,20,22). The van der Waals surface area contributed by atoms with Crippen molar-refractivity contribution < 1.29 is 19.1 Å². The zero-order valence-electron chi connectivity index (χ0n) is 14.7. The van der Waals surface area contributed by atoms with E-state index in [1.807, 2.05) is 24.4 Å². The van der Waals surface area contributed by atoms with Gasteiger partial charge in [0.1, 0.15) is 13.2 Å². The third-order valence-corrected chi connectivity index (χ3v) is 5.00. The van der Waals surface area contributed by atoms with Gasteiger partial charge >= 0.3 is 0 Å². The minimum atomic E-state index is -0.229. The second-order valence-electron chi connectivity index (χ2n) is 5.89. The summed E-state index contributed by atoms with van der Waals surface area (Å²) in [6, 6.07) is 9.27. The number of hydrogen-bond donors (Lipinski definition) is 1. The lowest BCUT2D eigenvalue weighted by molar-refractivity contribution is -0.134. The highest BCUT2D eigenvalue weighted by atomic mass is 32.1. The number of rotatable bonds is 7. The van der Waals surface area contributed by atoms with Gasteiger partial charge in [-0.2, -0.15) is 0 Å². The van der Waals surface area contributed by atoms with Gasteiger partial charge in [-0.15, -0.1) is 11.3 Å². The molecule has 0 saturated heterocycles. The molecule has 1 aliphatic rings. The number of carbonyl (C=O) groups is 2. The molecular formula is C19H22N2O4S. The summed E-state index contributed by atoms with van der Waals surface area (Å²) in [6.45, 7) is 3.43. The lowest BCUT2D eigenvalue weighted by Crippen LogP contribution is -2.38. The maximum Gasteiger partial charge on any atom is 0.243 e. The number of fused-ring (bicyclic) bond motifs is 1. The van der Waals surface area contributed by atoms with Crippen LogP contribution in [0.2, 0.25) is 0 Å². The largest absolute Gasteiger partial charge is 0.486 e. The van der Waals surface area contributed by atoms with E-state index in [4.69, 9.17) is 9.47 Å². The summed E-state index contributed by atoms with van der Waals surface area (Å²) in [4.78, 5) is 27.4. The number of nitrogens with zero attached hydrogens (tertiary/aromatic N) is 1. The van der Waals surface area contributed by atoms with Gasteiger partial charge in [0, 0.05) is 29.6 Å². The first-order valence-corrected chi connectivity index (χ1v) is 9.53. The Morgan fingerprint density at radius 3 is 2.73 bits per heavy atom. The fourth-order valence-electron chi connectivity index (χ4n) is 2.71. The summed E-state index contributed by atoms with van der Waals surface area (Å²) in [5.74, 6) is 1.05. The lowest BCUT2D eigenvalue weighted by atomic mass is 10.2. The van der Waals surface area contributed by atoms with E-state index in [-0.39, 0.29) is 18.4 Å². The van der Waals surface area contributed by atoms with Crippen LogP contribution in [-0.4, -0.2) is 43.0 Å². The number of thiophene rings is 1. The molecule has 138 valence electrons. The van der Waals surface area contributed by atoms with Gasteiger partial charge in [-0.25, -0.2) is 0 Å². The van der Waals surface area contributed by atoms with Crippen molar-refractivity contribution in [2.75, 3.05) is 31.6 Å². The molecule has 2 aromatic rings. The van der Waals surface area contributed by atoms with Crippen LogP contribution in [0.1, 0.15) is 18.2 Å². The normalized spacial score (nSPS) is 12.5. The second-order valence-corrected chi connectivity index (χ2v) is 6.93. The fourth-order valence-corrected chi connectivity index (χ4v) is 3.42. The Morgan fingerprint density at radius 1 is 1.19 bits per heavy atom. The van der Waals surface area contributed by atoms with Crippen LogP contribution in [0.4, 0.5) is 5.69 Å². The molecule has 1 aromatic heterocycles. The average molecular weight is 374 g/mol. The Labute approximate surface area is 156 Å². The number of ether oxygens (including phenoxy) is 2. The van der Waals surface area contributed by atoms with E-state index >= 15 is 0 Å². The number of nitrogens with one attached hydrogen (secondary N) is 1. The zero-order chi connectivity index (χ0) is 18.4. The van der Waals surface area contributed by atoms with Gasteiger partial charge in [0.2, 0.25) is 11.8 Å². The van der Waals surface area contributed by atoms with Crippen molar-refractivity contribution in [1.82, 2.24) is 4.90 Å². The predicted octanol–water partition coefficient (Wildman–Crippen LogP) is 2.94. The van der Waals surface area contributed by atoms with Gasteiger partial charge in [0.25, 0.3) is 0 Å². The molecule has 0 fully saturated rings. The molecule has 0 atom stereocenters. The topological polar surface area (TPSA) is 67.9 Å². The monoisotopic (exact) mass is 374 g/mol. The van der Waals surface area contributed by atoms with E-state index in [9.17, 15) is 9.59 Å². The number of aryl methyl sites for hydroxylation is 1. The van der Waals surface area contributed by atoms with Crippen molar-refractivity contribution in [1.29, 1.82) is 0 Å². The average Bonchev–Trinajstić information content (AvgIpc) is 3.17. The number of benzene rings is 1. The number of likely N-dealkylation sites (N-methyl/N-ethyl adjacent to an activating group) is 1. The minimum Gasteiger partial charge on any atom is -0.486 e. The quantitative estimate of drug-likeness (QED) is 0.809. The van der Waals surface area contributed by atoms with Gasteiger partial charge in [0.15, 0.2) is 11.5 Å². The number of amides is 2. The van der Waals surface area contributed by atoms with Gasteiger partial charge in [-0.1, -0.05) is 6.07 Å². The third-order valence-electron chi connectivity index (χ3n) is 4.06. The summed E-state index contributed by atoms with van der Waals surface area (Å²) >= 11 is 1.64. The number of hydrogen-bond acceptors (Lipinski definition) is 5. The fraction of sp³-hybridized carbons (Fsp3) is 0.368. The Kier molecular flexibility index (Phi) is 6.12. The van der Waals surface area contributed by atoms with Crippen LogP contribution in [0.25, 0.3) is 0 Å². The minimum absolute atomic E-state index is 0.0155. The van der Waals surface area contributed by atoms with Crippen LogP contribution in [0, 0.1) is 0 Å². The van der Waals surface area contributed by atoms with Crippen molar-refractivity contribution >= 4 is 28.8 Å². The molecule has 1 aromatic carbocycles. The van der Waals surface area contributed by atoms with Gasteiger partial charge < -0.3 is 19.7 Å². The van der Waals surface area contributed by atoms with Crippen LogP contribution >= 0.6 is 11.3 Å². The van der Waals surface area contributed by atoms with E-state index in [0.717, 1.165) is 0 Å². The van der Waals surface area contributed by atoms with E-state index in [1.165, 1.54) is 4.88 Å². The van der Waals surface area contributed by atoms with Crippen LogP contribution < -0.4 is 14.8 Å².